The molecule has 0 spiro atoms. The molecule has 0 unspecified atom stereocenters. The van der Waals surface area contributed by atoms with Crippen LogP contribution in [0.5, 0.6) is 0 Å². The molecule has 8 heteroatoms. The van der Waals surface area contributed by atoms with Crippen LogP contribution in [0.2, 0.25) is 0 Å². The number of halogens is 3. The van der Waals surface area contributed by atoms with Gasteiger partial charge in [0.05, 0.1) is 5.69 Å². The number of nitrogens with zero attached hydrogens (tertiary/aromatic N) is 3. The topological polar surface area (TPSA) is 64.2 Å². The molecule has 1 aromatic rings. The quantitative estimate of drug-likeness (QED) is 0.897. The summed E-state index contributed by atoms with van der Waals surface area (Å²) < 4.78 is 38.5. The van der Waals surface area contributed by atoms with Crippen LogP contribution in [0.15, 0.2) is 6.20 Å². The van der Waals surface area contributed by atoms with Gasteiger partial charge in [-0.05, 0) is 13.8 Å². The Labute approximate surface area is 102 Å². The van der Waals surface area contributed by atoms with E-state index >= 15 is 0 Å². The average molecular weight is 264 g/mol. The van der Waals surface area contributed by atoms with Crippen LogP contribution < -0.4 is 5.73 Å². The highest BCUT2D eigenvalue weighted by Gasteiger charge is 2.35. The summed E-state index contributed by atoms with van der Waals surface area (Å²) in [4.78, 5) is 12.7. The monoisotopic (exact) mass is 264 g/mol. The van der Waals surface area contributed by atoms with Gasteiger partial charge in [0.1, 0.15) is 6.54 Å². The molecule has 0 atom stereocenters. The van der Waals surface area contributed by atoms with Crippen LogP contribution >= 0.6 is 0 Å². The number of nitrogen functional groups attached to an aromatic ring is 1. The summed E-state index contributed by atoms with van der Waals surface area (Å²) in [6.07, 6.45) is -3.08. The van der Waals surface area contributed by atoms with Crippen molar-refractivity contribution in [3.05, 3.63) is 11.9 Å². The van der Waals surface area contributed by atoms with E-state index in [1.807, 2.05) is 0 Å². The summed E-state index contributed by atoms with van der Waals surface area (Å²) in [5.74, 6) is -0.819. The molecule has 0 aromatic carbocycles. The van der Waals surface area contributed by atoms with Gasteiger partial charge < -0.3 is 10.6 Å². The Morgan fingerprint density at radius 2 is 2.11 bits per heavy atom. The van der Waals surface area contributed by atoms with Gasteiger partial charge in [-0.2, -0.15) is 18.3 Å². The van der Waals surface area contributed by atoms with Crippen molar-refractivity contribution in [2.45, 2.75) is 26.1 Å². The van der Waals surface area contributed by atoms with Crippen molar-refractivity contribution in [2.75, 3.05) is 12.3 Å². The number of alkyl halides is 3. The van der Waals surface area contributed by atoms with E-state index in [0.717, 1.165) is 0 Å². The Kier molecular flexibility index (Phi) is 3.88. The van der Waals surface area contributed by atoms with Gasteiger partial charge >= 0.3 is 6.18 Å². The summed E-state index contributed by atoms with van der Waals surface area (Å²) in [6.45, 7) is 1.69. The van der Waals surface area contributed by atoms with Gasteiger partial charge in [-0.1, -0.05) is 0 Å². The van der Waals surface area contributed by atoms with Crippen LogP contribution in [0, 0.1) is 0 Å². The van der Waals surface area contributed by atoms with Crippen molar-refractivity contribution in [1.29, 1.82) is 0 Å². The highest BCUT2D eigenvalue weighted by atomic mass is 19.4. The first-order chi connectivity index (χ1) is 8.11. The molecule has 102 valence electrons. The second-order valence-corrected chi connectivity index (χ2v) is 4.25. The number of anilines is 1. The zero-order valence-corrected chi connectivity index (χ0v) is 10.3. The Hall–Kier alpha value is -1.73. The molecule has 2 N–H and O–H groups in total. The Balaban J connectivity index is 3.00. The van der Waals surface area contributed by atoms with E-state index in [0.29, 0.717) is 4.90 Å². The van der Waals surface area contributed by atoms with Crippen molar-refractivity contribution in [1.82, 2.24) is 14.7 Å². The zero-order chi connectivity index (χ0) is 14.1. The zero-order valence-electron chi connectivity index (χ0n) is 10.3. The van der Waals surface area contributed by atoms with Crippen molar-refractivity contribution in [3.63, 3.8) is 0 Å². The molecule has 0 bridgehead atoms. The molecular formula is C10H15F3N4O. The first-order valence-corrected chi connectivity index (χ1v) is 5.28. The number of hydrogen-bond acceptors (Lipinski definition) is 3. The summed E-state index contributed by atoms with van der Waals surface area (Å²) in [7, 11) is 1.54. The first kappa shape index (κ1) is 14.3. The van der Waals surface area contributed by atoms with E-state index in [9.17, 15) is 18.0 Å². The molecule has 0 aliphatic heterocycles. The summed E-state index contributed by atoms with van der Waals surface area (Å²) >= 11 is 0. The van der Waals surface area contributed by atoms with Crippen molar-refractivity contribution >= 4 is 11.6 Å². The smallest absolute Gasteiger partial charge is 0.396 e. The van der Waals surface area contributed by atoms with Crippen molar-refractivity contribution < 1.29 is 18.0 Å². The summed E-state index contributed by atoms with van der Waals surface area (Å²) in [6, 6.07) is -0.597. The lowest BCUT2D eigenvalue weighted by Gasteiger charge is -2.27. The van der Waals surface area contributed by atoms with Gasteiger partial charge in [-0.25, -0.2) is 0 Å². The van der Waals surface area contributed by atoms with Crippen molar-refractivity contribution in [2.24, 2.45) is 7.05 Å². The highest BCUT2D eigenvalue weighted by molar-refractivity contribution is 5.97. The molecule has 1 rings (SSSR count). The van der Waals surface area contributed by atoms with E-state index in [4.69, 9.17) is 5.73 Å². The third-order valence-corrected chi connectivity index (χ3v) is 2.29. The lowest BCUT2D eigenvalue weighted by molar-refractivity contribution is -0.143. The number of carbonyl (C=O) groups is 1. The third kappa shape index (κ3) is 3.38. The van der Waals surface area contributed by atoms with Crippen LogP contribution in [0.4, 0.5) is 18.9 Å². The van der Waals surface area contributed by atoms with Crippen LogP contribution in [0.25, 0.3) is 0 Å². The van der Waals surface area contributed by atoms with Gasteiger partial charge in [0.15, 0.2) is 5.69 Å². The largest absolute Gasteiger partial charge is 0.406 e. The predicted molar refractivity (Wildman–Crippen MR) is 59.8 cm³/mol. The molecule has 0 aliphatic rings. The third-order valence-electron chi connectivity index (χ3n) is 2.29. The maximum absolute atomic E-state index is 12.4. The summed E-state index contributed by atoms with van der Waals surface area (Å²) in [5, 5.41) is 3.78. The number of aryl methyl sites for hydroxylation is 1. The minimum Gasteiger partial charge on any atom is -0.396 e. The van der Waals surface area contributed by atoms with Gasteiger partial charge in [-0.3, -0.25) is 9.48 Å². The standard InChI is InChI=1S/C10H15F3N4O/c1-6(2)17(5-10(11,12)13)9(18)8-7(14)4-16(3)15-8/h4,6H,5,14H2,1-3H3. The molecule has 1 amide bonds. The van der Waals surface area contributed by atoms with Gasteiger partial charge in [0.25, 0.3) is 5.91 Å². The second-order valence-electron chi connectivity index (χ2n) is 4.25. The number of carbonyl (C=O) groups excluding carboxylic acids is 1. The van der Waals surface area contributed by atoms with Crippen LogP contribution in [-0.4, -0.2) is 39.4 Å². The molecule has 0 radical (unpaired) electrons. The average Bonchev–Trinajstić information content (AvgIpc) is 2.51. The highest BCUT2D eigenvalue weighted by Crippen LogP contribution is 2.21. The molecule has 0 aliphatic carbocycles. The molecule has 0 fully saturated rings. The first-order valence-electron chi connectivity index (χ1n) is 5.28. The summed E-state index contributed by atoms with van der Waals surface area (Å²) in [5.41, 5.74) is 5.44. The maximum atomic E-state index is 12.4. The lowest BCUT2D eigenvalue weighted by Crippen LogP contribution is -2.43. The van der Waals surface area contributed by atoms with Crippen LogP contribution in [0.3, 0.4) is 0 Å². The number of hydrogen-bond donors (Lipinski definition) is 1. The fourth-order valence-corrected chi connectivity index (χ4v) is 1.49. The molecule has 1 heterocycles. The van der Waals surface area contributed by atoms with E-state index in [1.54, 1.807) is 0 Å². The molecule has 18 heavy (non-hydrogen) atoms. The maximum Gasteiger partial charge on any atom is 0.406 e. The number of nitrogens with two attached hydrogens (primary N) is 1. The SMILES string of the molecule is CC(C)N(CC(F)(F)F)C(=O)c1nn(C)cc1N. The predicted octanol–water partition coefficient (Wildman–Crippen LogP) is 1.42. The fraction of sp³-hybridized carbons (Fsp3) is 0.600. The van der Waals surface area contributed by atoms with E-state index < -0.39 is 24.7 Å². The minimum absolute atomic E-state index is 0.0651. The normalized spacial score (nSPS) is 11.9. The van der Waals surface area contributed by atoms with Crippen LogP contribution in [0.1, 0.15) is 24.3 Å². The minimum atomic E-state index is -4.45. The van der Waals surface area contributed by atoms with E-state index in [-0.39, 0.29) is 11.4 Å². The molecular weight excluding hydrogens is 249 g/mol. The number of amides is 1. The Bertz CT molecular complexity index is 439. The Morgan fingerprint density at radius 1 is 1.56 bits per heavy atom. The van der Waals surface area contributed by atoms with Gasteiger partial charge in [0, 0.05) is 19.3 Å². The molecule has 0 saturated heterocycles. The molecule has 1 aromatic heterocycles. The van der Waals surface area contributed by atoms with E-state index in [2.05, 4.69) is 5.10 Å². The number of rotatable bonds is 3. The second kappa shape index (κ2) is 4.87. The van der Waals surface area contributed by atoms with E-state index in [1.165, 1.54) is 31.8 Å². The number of aromatic nitrogens is 2. The lowest BCUT2D eigenvalue weighted by atomic mass is 10.2. The molecule has 0 saturated carbocycles. The van der Waals surface area contributed by atoms with Gasteiger partial charge in [-0.15, -0.1) is 0 Å². The van der Waals surface area contributed by atoms with Crippen LogP contribution in [-0.2, 0) is 7.05 Å². The van der Waals surface area contributed by atoms with Crippen molar-refractivity contribution in [3.8, 4) is 0 Å². The van der Waals surface area contributed by atoms with Gasteiger partial charge in [0.2, 0.25) is 0 Å². The molecule has 5 nitrogen and oxygen atoms in total. The Morgan fingerprint density at radius 3 is 2.44 bits per heavy atom. The fourth-order valence-electron chi connectivity index (χ4n) is 1.49.